The van der Waals surface area contributed by atoms with Crippen LogP contribution in [0.25, 0.3) is 11.2 Å². The Morgan fingerprint density at radius 1 is 1.25 bits per heavy atom. The predicted octanol–water partition coefficient (Wildman–Crippen LogP) is 2.11. The van der Waals surface area contributed by atoms with Crippen LogP contribution in [0.2, 0.25) is 0 Å². The molecule has 0 saturated heterocycles. The summed E-state index contributed by atoms with van der Waals surface area (Å²) in [6, 6.07) is 0.460. The monoisotopic (exact) mass is 333 g/mol. The number of carbonyl (C=O) groups excluding carboxylic acids is 1. The molecule has 0 amide bonds. The van der Waals surface area contributed by atoms with Gasteiger partial charge in [-0.2, -0.15) is 0 Å². The van der Waals surface area contributed by atoms with Crippen LogP contribution in [0.5, 0.6) is 0 Å². The summed E-state index contributed by atoms with van der Waals surface area (Å²) in [5.41, 5.74) is 1.49. The molecule has 8 heteroatoms. The second kappa shape index (κ2) is 8.05. The topological polar surface area (TPSA) is 91.2 Å². The molecule has 1 saturated carbocycles. The van der Waals surface area contributed by atoms with E-state index >= 15 is 0 Å². The first-order chi connectivity index (χ1) is 11.7. The molecule has 0 aromatic carbocycles. The molecular weight excluding hydrogens is 310 g/mol. The lowest BCUT2D eigenvalue weighted by Gasteiger charge is -2.23. The van der Waals surface area contributed by atoms with Crippen molar-refractivity contribution in [3.05, 3.63) is 12.7 Å². The van der Waals surface area contributed by atoms with Gasteiger partial charge in [0.25, 0.3) is 0 Å². The molecule has 1 fully saturated rings. The Balaban J connectivity index is 1.61. The third kappa shape index (κ3) is 4.19. The molecule has 3 rings (SSSR count). The SMILES string of the molecule is CC(=O)OCCOCn1cnc2c(NC3CCCCC3)ncnc21. The molecule has 2 heterocycles. The van der Waals surface area contributed by atoms with Gasteiger partial charge in [0.2, 0.25) is 0 Å². The Bertz CT molecular complexity index is 681. The Morgan fingerprint density at radius 3 is 2.88 bits per heavy atom. The van der Waals surface area contributed by atoms with Gasteiger partial charge >= 0.3 is 5.97 Å². The number of esters is 1. The highest BCUT2D eigenvalue weighted by atomic mass is 16.6. The number of hydrogen-bond acceptors (Lipinski definition) is 7. The molecule has 0 spiro atoms. The minimum Gasteiger partial charge on any atom is -0.463 e. The highest BCUT2D eigenvalue weighted by molar-refractivity contribution is 5.82. The fourth-order valence-electron chi connectivity index (χ4n) is 2.93. The summed E-state index contributed by atoms with van der Waals surface area (Å²) in [5, 5.41) is 3.50. The molecule has 1 N–H and O–H groups in total. The Hall–Kier alpha value is -2.22. The molecule has 0 aliphatic heterocycles. The van der Waals surface area contributed by atoms with Crippen molar-refractivity contribution in [3.8, 4) is 0 Å². The first-order valence-corrected chi connectivity index (χ1v) is 8.37. The van der Waals surface area contributed by atoms with E-state index in [1.165, 1.54) is 39.0 Å². The third-order valence-electron chi connectivity index (χ3n) is 4.11. The molecule has 0 unspecified atom stereocenters. The maximum absolute atomic E-state index is 10.7. The smallest absolute Gasteiger partial charge is 0.302 e. The van der Waals surface area contributed by atoms with Crippen LogP contribution >= 0.6 is 0 Å². The largest absolute Gasteiger partial charge is 0.463 e. The lowest BCUT2D eigenvalue weighted by atomic mass is 9.95. The van der Waals surface area contributed by atoms with Gasteiger partial charge in [-0.05, 0) is 12.8 Å². The number of ether oxygens (including phenoxy) is 2. The summed E-state index contributed by atoms with van der Waals surface area (Å²) in [4.78, 5) is 23.8. The molecule has 1 aliphatic carbocycles. The molecule has 2 aromatic heterocycles. The maximum atomic E-state index is 10.7. The standard InChI is InChI=1S/C16H23N5O3/c1-12(22)24-8-7-23-11-21-10-19-14-15(17-9-18-16(14)21)20-13-5-3-2-4-6-13/h9-10,13H,2-8,11H2,1H3,(H,17,18,20). The van der Waals surface area contributed by atoms with Crippen LogP contribution in [0.4, 0.5) is 5.82 Å². The van der Waals surface area contributed by atoms with Gasteiger partial charge in [0.1, 0.15) is 25.2 Å². The summed E-state index contributed by atoms with van der Waals surface area (Å²) in [6.07, 6.45) is 9.42. The molecule has 24 heavy (non-hydrogen) atoms. The van der Waals surface area contributed by atoms with Crippen LogP contribution in [-0.2, 0) is 21.0 Å². The van der Waals surface area contributed by atoms with Gasteiger partial charge in [0.05, 0.1) is 12.9 Å². The fraction of sp³-hybridized carbons (Fsp3) is 0.625. The van der Waals surface area contributed by atoms with Crippen molar-refractivity contribution in [3.63, 3.8) is 0 Å². The molecule has 0 radical (unpaired) electrons. The van der Waals surface area contributed by atoms with Gasteiger partial charge in [0.15, 0.2) is 11.5 Å². The molecule has 0 bridgehead atoms. The van der Waals surface area contributed by atoms with E-state index in [0.29, 0.717) is 19.4 Å². The average Bonchev–Trinajstić information content (AvgIpc) is 3.00. The highest BCUT2D eigenvalue weighted by Gasteiger charge is 2.16. The third-order valence-corrected chi connectivity index (χ3v) is 4.11. The van der Waals surface area contributed by atoms with Gasteiger partial charge in [-0.15, -0.1) is 0 Å². The van der Waals surface area contributed by atoms with Crippen molar-refractivity contribution in [1.29, 1.82) is 0 Å². The van der Waals surface area contributed by atoms with Crippen LogP contribution in [0.1, 0.15) is 39.0 Å². The summed E-state index contributed by atoms with van der Waals surface area (Å²) in [5.74, 6) is 0.475. The molecule has 8 nitrogen and oxygen atoms in total. The van der Waals surface area contributed by atoms with E-state index in [9.17, 15) is 4.79 Å². The van der Waals surface area contributed by atoms with Gasteiger partial charge in [-0.1, -0.05) is 19.3 Å². The van der Waals surface area contributed by atoms with Crippen LogP contribution in [-0.4, -0.2) is 44.7 Å². The van der Waals surface area contributed by atoms with Gasteiger partial charge in [0, 0.05) is 13.0 Å². The summed E-state index contributed by atoms with van der Waals surface area (Å²) in [6.45, 7) is 2.25. The second-order valence-electron chi connectivity index (χ2n) is 5.97. The van der Waals surface area contributed by atoms with E-state index in [2.05, 4.69) is 20.3 Å². The zero-order chi connectivity index (χ0) is 16.8. The highest BCUT2D eigenvalue weighted by Crippen LogP contribution is 2.24. The number of nitrogens with one attached hydrogen (secondary N) is 1. The molecular formula is C16H23N5O3. The van der Waals surface area contributed by atoms with Crippen LogP contribution < -0.4 is 5.32 Å². The number of fused-ring (bicyclic) bond motifs is 1. The lowest BCUT2D eigenvalue weighted by Crippen LogP contribution is -2.23. The molecule has 1 aliphatic rings. The van der Waals surface area contributed by atoms with Crippen molar-refractivity contribution >= 4 is 23.0 Å². The average molecular weight is 333 g/mol. The van der Waals surface area contributed by atoms with E-state index in [0.717, 1.165) is 17.0 Å². The minimum atomic E-state index is -0.308. The first-order valence-electron chi connectivity index (χ1n) is 8.37. The van der Waals surface area contributed by atoms with E-state index in [4.69, 9.17) is 9.47 Å². The number of rotatable bonds is 7. The Kier molecular flexibility index (Phi) is 5.58. The summed E-state index contributed by atoms with van der Waals surface area (Å²) >= 11 is 0. The minimum absolute atomic E-state index is 0.242. The van der Waals surface area contributed by atoms with Crippen LogP contribution in [0.3, 0.4) is 0 Å². The maximum Gasteiger partial charge on any atom is 0.302 e. The lowest BCUT2D eigenvalue weighted by molar-refractivity contribution is -0.142. The fourth-order valence-corrected chi connectivity index (χ4v) is 2.93. The van der Waals surface area contributed by atoms with E-state index in [-0.39, 0.29) is 12.6 Å². The van der Waals surface area contributed by atoms with E-state index in [1.54, 1.807) is 12.7 Å². The summed E-state index contributed by atoms with van der Waals surface area (Å²) < 4.78 is 12.1. The molecule has 130 valence electrons. The Labute approximate surface area is 140 Å². The van der Waals surface area contributed by atoms with Crippen LogP contribution in [0.15, 0.2) is 12.7 Å². The zero-order valence-corrected chi connectivity index (χ0v) is 13.9. The number of aromatic nitrogens is 4. The summed E-state index contributed by atoms with van der Waals surface area (Å²) in [7, 11) is 0. The number of imidazole rings is 1. The van der Waals surface area contributed by atoms with Crippen molar-refractivity contribution in [2.45, 2.75) is 51.8 Å². The van der Waals surface area contributed by atoms with Crippen molar-refractivity contribution < 1.29 is 14.3 Å². The quantitative estimate of drug-likeness (QED) is 0.613. The molecule has 2 aromatic rings. The van der Waals surface area contributed by atoms with Crippen molar-refractivity contribution in [2.24, 2.45) is 0 Å². The first kappa shape index (κ1) is 16.6. The zero-order valence-electron chi connectivity index (χ0n) is 13.9. The Morgan fingerprint density at radius 2 is 2.08 bits per heavy atom. The van der Waals surface area contributed by atoms with E-state index < -0.39 is 0 Å². The van der Waals surface area contributed by atoms with Gasteiger partial charge < -0.3 is 14.8 Å². The van der Waals surface area contributed by atoms with Crippen molar-refractivity contribution in [2.75, 3.05) is 18.5 Å². The van der Waals surface area contributed by atoms with Gasteiger partial charge in [-0.3, -0.25) is 9.36 Å². The molecule has 0 atom stereocenters. The van der Waals surface area contributed by atoms with Crippen molar-refractivity contribution in [1.82, 2.24) is 19.5 Å². The predicted molar refractivity (Wildman–Crippen MR) is 88.4 cm³/mol. The van der Waals surface area contributed by atoms with E-state index in [1.807, 2.05) is 4.57 Å². The number of carbonyl (C=O) groups is 1. The number of hydrogen-bond donors (Lipinski definition) is 1. The number of anilines is 1. The normalized spacial score (nSPS) is 15.5. The second-order valence-corrected chi connectivity index (χ2v) is 5.97. The van der Waals surface area contributed by atoms with Crippen LogP contribution in [0, 0.1) is 0 Å². The van der Waals surface area contributed by atoms with Gasteiger partial charge in [-0.25, -0.2) is 15.0 Å². The number of nitrogens with zero attached hydrogens (tertiary/aromatic N) is 4.